The molecule has 4 aromatic rings. The van der Waals surface area contributed by atoms with Gasteiger partial charge in [-0.2, -0.15) is 0 Å². The van der Waals surface area contributed by atoms with Crippen LogP contribution < -0.4 is 11.5 Å². The first-order chi connectivity index (χ1) is 31.4. The molecule has 3 aliphatic rings. The van der Waals surface area contributed by atoms with E-state index in [9.17, 15) is 18.7 Å². The highest BCUT2D eigenvalue weighted by Crippen LogP contribution is 2.58. The summed E-state index contributed by atoms with van der Waals surface area (Å²) in [4.78, 5) is 50.2. The SMILES string of the molecule is CCCCCCCC(=O)OCOP1(=O)OC[C@H]2OC[C@@H](n3cnc4c(N)ncnc43)[C@@H]2OP(=O)(OCOC(=O)CCCCCCC)OC[C@H]2O[C@@H](n3cnc4c(N)ncnc43)[C@H](F)[C@@H]2O1. The molecule has 0 bridgehead atoms. The molecule has 0 aliphatic carbocycles. The highest BCUT2D eigenvalue weighted by molar-refractivity contribution is 7.48. The Morgan fingerprint density at radius 2 is 1.20 bits per heavy atom. The van der Waals surface area contributed by atoms with Crippen molar-refractivity contribution in [3.63, 3.8) is 0 Å². The molecule has 0 spiro atoms. The highest BCUT2D eigenvalue weighted by Gasteiger charge is 2.54. The average molecular weight is 957 g/mol. The van der Waals surface area contributed by atoms with Crippen LogP contribution in [0.1, 0.15) is 103 Å². The Balaban J connectivity index is 1.17. The topological polar surface area (TPSA) is 300 Å². The largest absolute Gasteiger partial charge is 0.478 e. The maximum atomic E-state index is 16.9. The van der Waals surface area contributed by atoms with Gasteiger partial charge in [-0.25, -0.2) is 52.5 Å². The first kappa shape index (κ1) is 48.6. The van der Waals surface area contributed by atoms with E-state index >= 15 is 4.39 Å². The number of nitrogens with two attached hydrogens (primary N) is 2. The lowest BCUT2D eigenvalue weighted by molar-refractivity contribution is -0.152. The zero-order chi connectivity index (χ0) is 46.0. The zero-order valence-corrected chi connectivity index (χ0v) is 37.9. The Hall–Kier alpha value is -4.29. The van der Waals surface area contributed by atoms with Crippen LogP contribution in [0.15, 0.2) is 25.3 Å². The number of halogens is 1. The van der Waals surface area contributed by atoms with Crippen molar-refractivity contribution in [3.8, 4) is 0 Å². The van der Waals surface area contributed by atoms with E-state index in [0.29, 0.717) is 12.8 Å². The number of ether oxygens (including phenoxy) is 4. The fourth-order valence-corrected chi connectivity index (χ4v) is 10.1. The monoisotopic (exact) mass is 956 g/mol. The highest BCUT2D eigenvalue weighted by atomic mass is 31.2. The molecule has 9 atom stereocenters. The van der Waals surface area contributed by atoms with Crippen molar-refractivity contribution < 1.29 is 69.2 Å². The zero-order valence-electron chi connectivity index (χ0n) is 36.1. The van der Waals surface area contributed by atoms with Gasteiger partial charge in [0, 0.05) is 12.8 Å². The maximum Gasteiger partial charge on any atom is 0.478 e. The Labute approximate surface area is 373 Å². The number of phosphoric acid groups is 2. The number of carbonyl (C=O) groups is 2. The van der Waals surface area contributed by atoms with Crippen molar-refractivity contribution in [2.75, 3.05) is 44.9 Å². The van der Waals surface area contributed by atoms with Crippen molar-refractivity contribution in [2.45, 2.75) is 134 Å². The molecule has 3 saturated heterocycles. The number of unbranched alkanes of at least 4 members (excludes halogenated alkanes) is 8. The molecule has 24 nitrogen and oxygen atoms in total. The number of anilines is 2. The maximum absolute atomic E-state index is 16.9. The molecular weight excluding hydrogens is 901 g/mol. The smallest absolute Gasteiger partial charge is 0.438 e. The van der Waals surface area contributed by atoms with Crippen LogP contribution in [0.3, 0.4) is 0 Å². The Morgan fingerprint density at radius 1 is 0.692 bits per heavy atom. The van der Waals surface area contributed by atoms with Crippen molar-refractivity contribution >= 4 is 61.5 Å². The number of aromatic nitrogens is 8. The van der Waals surface area contributed by atoms with Crippen LogP contribution in [0, 0.1) is 0 Å². The summed E-state index contributed by atoms with van der Waals surface area (Å²) in [5.41, 5.74) is 12.8. The van der Waals surface area contributed by atoms with E-state index < -0.39 is 97.2 Å². The van der Waals surface area contributed by atoms with Crippen molar-refractivity contribution in [2.24, 2.45) is 0 Å². The lowest BCUT2D eigenvalue weighted by Crippen LogP contribution is -2.38. The molecule has 7 heterocycles. The van der Waals surface area contributed by atoms with E-state index in [1.807, 2.05) is 0 Å². The second-order valence-electron chi connectivity index (χ2n) is 15.6. The summed E-state index contributed by atoms with van der Waals surface area (Å²) in [6.45, 7) is 0.787. The van der Waals surface area contributed by atoms with Crippen molar-refractivity contribution in [3.05, 3.63) is 25.3 Å². The summed E-state index contributed by atoms with van der Waals surface area (Å²) >= 11 is 0. The minimum absolute atomic E-state index is 0.00754. The normalized spacial score (nSPS) is 28.4. The van der Waals surface area contributed by atoms with Crippen LogP contribution in [-0.2, 0) is 64.8 Å². The van der Waals surface area contributed by atoms with Crippen molar-refractivity contribution in [1.29, 1.82) is 0 Å². The predicted octanol–water partition coefficient (Wildman–Crippen LogP) is 5.80. The minimum atomic E-state index is -4.95. The van der Waals surface area contributed by atoms with Gasteiger partial charge in [-0.1, -0.05) is 65.2 Å². The molecule has 4 N–H and O–H groups in total. The van der Waals surface area contributed by atoms with Crippen LogP contribution in [0.5, 0.6) is 0 Å². The number of carbonyl (C=O) groups excluding carboxylic acids is 2. The quantitative estimate of drug-likeness (QED) is 0.0458. The number of esters is 2. The number of nitrogen functional groups attached to an aromatic ring is 2. The molecule has 3 fully saturated rings. The lowest BCUT2D eigenvalue weighted by atomic mass is 10.1. The fraction of sp³-hybridized carbons (Fsp3) is 0.684. The van der Waals surface area contributed by atoms with E-state index in [1.54, 1.807) is 4.57 Å². The molecule has 65 heavy (non-hydrogen) atoms. The van der Waals surface area contributed by atoms with Gasteiger partial charge >= 0.3 is 27.6 Å². The minimum Gasteiger partial charge on any atom is -0.438 e. The summed E-state index contributed by atoms with van der Waals surface area (Å²) < 4.78 is 107. The van der Waals surface area contributed by atoms with Gasteiger partial charge in [0.2, 0.25) is 13.6 Å². The van der Waals surface area contributed by atoms with Crippen LogP contribution in [0.25, 0.3) is 22.3 Å². The summed E-state index contributed by atoms with van der Waals surface area (Å²) in [5, 5.41) is 0. The number of nitrogens with zero attached hydrogens (tertiary/aromatic N) is 8. The Kier molecular flexibility index (Phi) is 16.8. The summed E-state index contributed by atoms with van der Waals surface area (Å²) in [5.74, 6) is -1.15. The molecule has 4 aromatic heterocycles. The number of hydrogen-bond acceptors (Lipinski definition) is 22. The van der Waals surface area contributed by atoms with E-state index in [4.69, 9.17) is 57.6 Å². The van der Waals surface area contributed by atoms with Gasteiger partial charge in [-0.15, -0.1) is 0 Å². The van der Waals surface area contributed by atoms with Gasteiger partial charge in [-0.3, -0.25) is 32.3 Å². The van der Waals surface area contributed by atoms with E-state index in [1.165, 1.54) is 23.5 Å². The molecule has 0 aromatic carbocycles. The second kappa shape index (κ2) is 22.5. The second-order valence-corrected chi connectivity index (χ2v) is 18.8. The number of imidazole rings is 2. The first-order valence-electron chi connectivity index (χ1n) is 21.7. The molecule has 2 unspecified atom stereocenters. The van der Waals surface area contributed by atoms with Gasteiger partial charge in [0.05, 0.1) is 38.5 Å². The van der Waals surface area contributed by atoms with E-state index in [-0.39, 0.29) is 53.4 Å². The van der Waals surface area contributed by atoms with Gasteiger partial charge in [-0.05, 0) is 12.8 Å². The molecule has 7 rings (SSSR count). The summed E-state index contributed by atoms with van der Waals surface area (Å²) in [7, 11) is -9.84. The van der Waals surface area contributed by atoms with Crippen molar-refractivity contribution in [1.82, 2.24) is 39.0 Å². The predicted molar refractivity (Wildman–Crippen MR) is 225 cm³/mol. The van der Waals surface area contributed by atoms with Gasteiger partial charge in [0.1, 0.15) is 48.1 Å². The number of rotatable bonds is 20. The number of alkyl halides is 1. The number of hydrogen-bond donors (Lipinski definition) is 2. The third-order valence-corrected chi connectivity index (χ3v) is 13.8. The van der Waals surface area contributed by atoms with E-state index in [0.717, 1.165) is 57.7 Å². The first-order valence-corrected chi connectivity index (χ1v) is 24.6. The molecule has 0 radical (unpaired) electrons. The molecule has 358 valence electrons. The van der Waals surface area contributed by atoms with Gasteiger partial charge in [0.25, 0.3) is 0 Å². The standard InChI is InChI=1S/C38H55FN10O14P2/c1-3-5-7-9-11-13-27(50)55-22-59-64(52)58-17-26-33(29(39)38(61-26)49-21-47-31-35(41)43-19-45-37(31)49)63-65(53,60-23-56-28(51)14-12-10-8-6-4-2)57-16-25-32(62-64)24(15-54-25)48-20-46-30-34(40)42-18-44-36(30)48/h18-21,24-26,29,32-33,38H,3-17,22-23H2,1-2H3,(H2,40,42,44)(H2,41,43,45)/t24-,25-,26-,29-,32+,33-,38-,64?,65?/m1/s1. The molecule has 0 amide bonds. The molecule has 3 aliphatic heterocycles. The summed E-state index contributed by atoms with van der Waals surface area (Å²) in [6, 6.07) is -0.907. The van der Waals surface area contributed by atoms with Crippen LogP contribution >= 0.6 is 15.6 Å². The lowest BCUT2D eigenvalue weighted by Gasteiger charge is -2.31. The average Bonchev–Trinajstić information content (AvgIpc) is 4.07. The third kappa shape index (κ3) is 12.0. The Bertz CT molecular complexity index is 2330. The van der Waals surface area contributed by atoms with Gasteiger partial charge < -0.3 is 35.0 Å². The summed E-state index contributed by atoms with van der Waals surface area (Å²) in [6.07, 6.45) is 4.15. The fourth-order valence-electron chi connectivity index (χ4n) is 7.55. The van der Waals surface area contributed by atoms with Crippen LogP contribution in [0.2, 0.25) is 0 Å². The molecule has 27 heteroatoms. The van der Waals surface area contributed by atoms with Gasteiger partial charge in [0.15, 0.2) is 35.3 Å². The molecular formula is C38H55FN10O14P2. The molecule has 0 saturated carbocycles. The number of fused-ring (bicyclic) bond motifs is 4. The van der Waals surface area contributed by atoms with Crippen LogP contribution in [0.4, 0.5) is 16.0 Å². The van der Waals surface area contributed by atoms with Crippen LogP contribution in [-0.4, -0.2) is 115 Å². The number of phosphoric ester groups is 2. The van der Waals surface area contributed by atoms with E-state index in [2.05, 4.69) is 43.8 Å². The third-order valence-electron chi connectivity index (χ3n) is 11.0. The Morgan fingerprint density at radius 3 is 1.77 bits per heavy atom.